The van der Waals surface area contributed by atoms with Crippen LogP contribution in [0.25, 0.3) is 0 Å². The highest BCUT2D eigenvalue weighted by Gasteiger charge is 2.15. The molecule has 0 aliphatic heterocycles. The van der Waals surface area contributed by atoms with Crippen molar-refractivity contribution in [1.29, 1.82) is 0 Å². The second-order valence-corrected chi connectivity index (χ2v) is 4.24. The first kappa shape index (κ1) is 14.4. The molecule has 4 heteroatoms. The number of anilines is 1. The Bertz CT molecular complexity index is 400. The van der Waals surface area contributed by atoms with Crippen molar-refractivity contribution in [2.75, 3.05) is 19.5 Å². The first-order chi connectivity index (χ1) is 8.62. The van der Waals surface area contributed by atoms with E-state index in [1.54, 1.807) is 18.2 Å². The van der Waals surface area contributed by atoms with Crippen LogP contribution in [0.2, 0.25) is 0 Å². The van der Waals surface area contributed by atoms with Crippen LogP contribution in [0.3, 0.4) is 0 Å². The summed E-state index contributed by atoms with van der Waals surface area (Å²) in [6.07, 6.45) is 2.00. The van der Waals surface area contributed by atoms with Crippen LogP contribution in [0.5, 0.6) is 5.75 Å². The van der Waals surface area contributed by atoms with Crippen molar-refractivity contribution in [2.45, 2.75) is 26.7 Å². The average molecular weight is 251 g/mol. The Labute approximate surface area is 108 Å². The topological polar surface area (TPSA) is 61.5 Å². The summed E-state index contributed by atoms with van der Waals surface area (Å²) in [4.78, 5) is 12.0. The van der Waals surface area contributed by atoms with E-state index in [9.17, 15) is 4.79 Å². The lowest BCUT2D eigenvalue weighted by molar-refractivity contribution is 0.0429. The molecule has 0 aliphatic carbocycles. The fourth-order valence-corrected chi connectivity index (χ4v) is 1.68. The van der Waals surface area contributed by atoms with E-state index in [4.69, 9.17) is 15.2 Å². The van der Waals surface area contributed by atoms with E-state index in [2.05, 4.69) is 13.8 Å². The van der Waals surface area contributed by atoms with E-state index in [1.165, 1.54) is 7.11 Å². The zero-order valence-corrected chi connectivity index (χ0v) is 11.2. The van der Waals surface area contributed by atoms with Gasteiger partial charge in [0.25, 0.3) is 0 Å². The van der Waals surface area contributed by atoms with Crippen LogP contribution in [-0.2, 0) is 4.74 Å². The number of esters is 1. The molecule has 18 heavy (non-hydrogen) atoms. The Hall–Kier alpha value is -1.71. The summed E-state index contributed by atoms with van der Waals surface area (Å²) in [5.74, 6) is 0.505. The van der Waals surface area contributed by atoms with Crippen LogP contribution in [0.4, 0.5) is 5.69 Å². The number of methoxy groups -OCH3 is 1. The molecular formula is C14H21NO3. The summed E-state index contributed by atoms with van der Waals surface area (Å²) in [5.41, 5.74) is 6.56. The Kier molecular flexibility index (Phi) is 5.49. The highest BCUT2D eigenvalue weighted by molar-refractivity contribution is 5.93. The third-order valence-electron chi connectivity index (χ3n) is 3.05. The van der Waals surface area contributed by atoms with Crippen LogP contribution in [-0.4, -0.2) is 19.7 Å². The molecule has 2 N–H and O–H groups in total. The van der Waals surface area contributed by atoms with Crippen LogP contribution >= 0.6 is 0 Å². The van der Waals surface area contributed by atoms with Crippen molar-refractivity contribution in [3.63, 3.8) is 0 Å². The van der Waals surface area contributed by atoms with Gasteiger partial charge < -0.3 is 15.2 Å². The number of carbonyl (C=O) groups is 1. The SMILES string of the molecule is CCC(CC)COC(=O)c1cc(N)ccc1OC. The Morgan fingerprint density at radius 1 is 1.33 bits per heavy atom. The maximum absolute atomic E-state index is 12.0. The number of carbonyl (C=O) groups excluding carboxylic acids is 1. The van der Waals surface area contributed by atoms with E-state index in [0.29, 0.717) is 29.5 Å². The van der Waals surface area contributed by atoms with Gasteiger partial charge in [0.15, 0.2) is 0 Å². The standard InChI is InChI=1S/C14H21NO3/c1-4-10(5-2)9-18-14(16)12-8-11(15)6-7-13(12)17-3/h6-8,10H,4-5,9,15H2,1-3H3. The summed E-state index contributed by atoms with van der Waals surface area (Å²) in [5, 5.41) is 0. The molecule has 0 aromatic heterocycles. The monoisotopic (exact) mass is 251 g/mol. The quantitative estimate of drug-likeness (QED) is 0.623. The third-order valence-corrected chi connectivity index (χ3v) is 3.05. The van der Waals surface area contributed by atoms with Crippen molar-refractivity contribution in [1.82, 2.24) is 0 Å². The molecule has 100 valence electrons. The Morgan fingerprint density at radius 3 is 2.56 bits per heavy atom. The number of hydrogen-bond donors (Lipinski definition) is 1. The second-order valence-electron chi connectivity index (χ2n) is 4.24. The molecule has 4 nitrogen and oxygen atoms in total. The lowest BCUT2D eigenvalue weighted by atomic mass is 10.1. The van der Waals surface area contributed by atoms with Crippen LogP contribution in [0, 0.1) is 5.92 Å². The summed E-state index contributed by atoms with van der Waals surface area (Å²) in [6.45, 7) is 4.61. The lowest BCUT2D eigenvalue weighted by Gasteiger charge is -2.14. The van der Waals surface area contributed by atoms with Crippen LogP contribution in [0.1, 0.15) is 37.0 Å². The number of nitrogen functional groups attached to an aromatic ring is 1. The molecule has 0 heterocycles. The largest absolute Gasteiger partial charge is 0.496 e. The maximum atomic E-state index is 12.0. The summed E-state index contributed by atoms with van der Waals surface area (Å²) in [7, 11) is 1.52. The summed E-state index contributed by atoms with van der Waals surface area (Å²) in [6, 6.07) is 4.94. The molecule has 0 amide bonds. The van der Waals surface area contributed by atoms with Crippen molar-refractivity contribution in [3.05, 3.63) is 23.8 Å². The Morgan fingerprint density at radius 2 is 2.00 bits per heavy atom. The molecule has 0 bridgehead atoms. The molecule has 0 saturated carbocycles. The molecule has 1 aromatic rings. The van der Waals surface area contributed by atoms with E-state index in [-0.39, 0.29) is 5.97 Å². The van der Waals surface area contributed by atoms with E-state index in [0.717, 1.165) is 12.8 Å². The predicted molar refractivity (Wildman–Crippen MR) is 71.8 cm³/mol. The summed E-state index contributed by atoms with van der Waals surface area (Å²) < 4.78 is 10.4. The minimum Gasteiger partial charge on any atom is -0.496 e. The Balaban J connectivity index is 2.74. The molecule has 0 spiro atoms. The van der Waals surface area contributed by atoms with Crippen LogP contribution < -0.4 is 10.5 Å². The molecule has 0 unspecified atom stereocenters. The minimum absolute atomic E-state index is 0.378. The number of rotatable bonds is 6. The summed E-state index contributed by atoms with van der Waals surface area (Å²) >= 11 is 0. The lowest BCUT2D eigenvalue weighted by Crippen LogP contribution is -2.14. The second kappa shape index (κ2) is 6.89. The first-order valence-electron chi connectivity index (χ1n) is 6.22. The van der Waals surface area contributed by atoms with Gasteiger partial charge in [-0.25, -0.2) is 4.79 Å². The number of nitrogens with two attached hydrogens (primary N) is 1. The fraction of sp³-hybridized carbons (Fsp3) is 0.500. The van der Waals surface area contributed by atoms with Crippen molar-refractivity contribution in [2.24, 2.45) is 5.92 Å². The maximum Gasteiger partial charge on any atom is 0.342 e. The van der Waals surface area contributed by atoms with Gasteiger partial charge in [0.1, 0.15) is 11.3 Å². The molecular weight excluding hydrogens is 230 g/mol. The minimum atomic E-state index is -0.383. The van der Waals surface area contributed by atoms with Gasteiger partial charge in [-0.3, -0.25) is 0 Å². The van der Waals surface area contributed by atoms with E-state index in [1.807, 2.05) is 0 Å². The molecule has 0 aliphatic rings. The number of ether oxygens (including phenoxy) is 2. The number of benzene rings is 1. The van der Waals surface area contributed by atoms with Gasteiger partial charge in [0.2, 0.25) is 0 Å². The van der Waals surface area contributed by atoms with Crippen molar-refractivity contribution < 1.29 is 14.3 Å². The molecule has 1 aromatic carbocycles. The molecule has 0 fully saturated rings. The molecule has 0 atom stereocenters. The zero-order valence-electron chi connectivity index (χ0n) is 11.2. The van der Waals surface area contributed by atoms with Gasteiger partial charge in [0.05, 0.1) is 13.7 Å². The van der Waals surface area contributed by atoms with Gasteiger partial charge in [-0.05, 0) is 24.1 Å². The third kappa shape index (κ3) is 3.65. The molecule has 0 saturated heterocycles. The highest BCUT2D eigenvalue weighted by atomic mass is 16.5. The van der Waals surface area contributed by atoms with Crippen molar-refractivity contribution >= 4 is 11.7 Å². The molecule has 1 rings (SSSR count). The highest BCUT2D eigenvalue weighted by Crippen LogP contribution is 2.22. The predicted octanol–water partition coefficient (Wildman–Crippen LogP) is 2.87. The van der Waals surface area contributed by atoms with E-state index < -0.39 is 0 Å². The zero-order chi connectivity index (χ0) is 13.5. The first-order valence-corrected chi connectivity index (χ1v) is 6.22. The van der Waals surface area contributed by atoms with Gasteiger partial charge in [-0.1, -0.05) is 26.7 Å². The van der Waals surface area contributed by atoms with E-state index >= 15 is 0 Å². The number of hydrogen-bond acceptors (Lipinski definition) is 4. The normalized spacial score (nSPS) is 10.4. The van der Waals surface area contributed by atoms with Crippen molar-refractivity contribution in [3.8, 4) is 5.75 Å². The van der Waals surface area contributed by atoms with Gasteiger partial charge in [-0.2, -0.15) is 0 Å². The fourth-order valence-electron chi connectivity index (χ4n) is 1.68. The smallest absolute Gasteiger partial charge is 0.342 e. The van der Waals surface area contributed by atoms with Crippen LogP contribution in [0.15, 0.2) is 18.2 Å². The molecule has 0 radical (unpaired) electrons. The van der Waals surface area contributed by atoms with Gasteiger partial charge in [-0.15, -0.1) is 0 Å². The van der Waals surface area contributed by atoms with Gasteiger partial charge in [0, 0.05) is 5.69 Å². The van der Waals surface area contributed by atoms with Gasteiger partial charge >= 0.3 is 5.97 Å². The average Bonchev–Trinajstić information content (AvgIpc) is 2.39.